The fourth-order valence-electron chi connectivity index (χ4n) is 3.23. The van der Waals surface area contributed by atoms with E-state index in [-0.39, 0.29) is 5.91 Å². The largest absolute Gasteiger partial charge is 0.364 e. The van der Waals surface area contributed by atoms with Crippen LogP contribution in [-0.4, -0.2) is 31.2 Å². The van der Waals surface area contributed by atoms with Crippen LogP contribution in [0.2, 0.25) is 0 Å². The van der Waals surface area contributed by atoms with Crippen molar-refractivity contribution in [3.8, 4) is 11.3 Å². The smallest absolute Gasteiger partial charge is 0.265 e. The van der Waals surface area contributed by atoms with Gasteiger partial charge in [0, 0.05) is 45.7 Å². The monoisotopic (exact) mass is 474 g/mol. The average Bonchev–Trinajstić information content (AvgIpc) is 3.56. The van der Waals surface area contributed by atoms with Crippen LogP contribution in [0.4, 0.5) is 5.13 Å². The van der Waals surface area contributed by atoms with Crippen LogP contribution in [0.1, 0.15) is 26.5 Å². The van der Waals surface area contributed by atoms with Crippen LogP contribution in [0.15, 0.2) is 77.4 Å². The lowest BCUT2D eigenvalue weighted by Crippen LogP contribution is -2.11. The lowest BCUT2D eigenvalue weighted by atomic mass is 10.2. The van der Waals surface area contributed by atoms with E-state index >= 15 is 0 Å². The van der Waals surface area contributed by atoms with E-state index in [1.165, 1.54) is 11.3 Å². The minimum Gasteiger partial charge on any atom is -0.364 e. The molecule has 4 N–H and O–H groups in total. The summed E-state index contributed by atoms with van der Waals surface area (Å²) in [6, 6.07) is 15.0. The number of imidazole rings is 1. The number of aromatic nitrogens is 4. The van der Waals surface area contributed by atoms with Crippen LogP contribution in [-0.2, 0) is 5.75 Å². The number of amides is 2. The zero-order valence-corrected chi connectivity index (χ0v) is 18.8. The van der Waals surface area contributed by atoms with Gasteiger partial charge in [0.1, 0.15) is 11.3 Å². The molecule has 8 nitrogen and oxygen atoms in total. The second-order valence-electron chi connectivity index (χ2n) is 7.17. The Morgan fingerprint density at radius 2 is 2.00 bits per heavy atom. The first-order chi connectivity index (χ1) is 16.0. The number of fused-ring (bicyclic) bond motifs is 1. The zero-order valence-electron chi connectivity index (χ0n) is 17.2. The maximum atomic E-state index is 12.6. The van der Waals surface area contributed by atoms with Crippen LogP contribution in [0.25, 0.3) is 16.9 Å². The van der Waals surface area contributed by atoms with Gasteiger partial charge in [-0.25, -0.2) is 9.97 Å². The summed E-state index contributed by atoms with van der Waals surface area (Å²) in [7, 11) is 0. The van der Waals surface area contributed by atoms with Crippen molar-refractivity contribution in [3.05, 3.63) is 89.5 Å². The molecule has 0 radical (unpaired) electrons. The molecule has 5 aromatic rings. The van der Waals surface area contributed by atoms with Crippen LogP contribution in [0, 0.1) is 0 Å². The van der Waals surface area contributed by atoms with Gasteiger partial charge in [-0.05, 0) is 42.5 Å². The molecule has 1 aromatic carbocycles. The number of H-pyrrole nitrogens is 1. The number of carbonyl (C=O) groups is 2. The second kappa shape index (κ2) is 8.93. The van der Waals surface area contributed by atoms with Gasteiger partial charge in [-0.3, -0.25) is 14.9 Å². The number of thioether (sulfide) groups is 1. The topological polar surface area (TPSA) is 118 Å². The molecule has 164 valence electrons. The minimum atomic E-state index is -0.537. The quantitative estimate of drug-likeness (QED) is 0.302. The molecule has 0 aliphatic carbocycles. The van der Waals surface area contributed by atoms with E-state index in [2.05, 4.69) is 20.3 Å². The highest BCUT2D eigenvalue weighted by Crippen LogP contribution is 2.27. The maximum Gasteiger partial charge on any atom is 0.265 e. The first-order valence-electron chi connectivity index (χ1n) is 9.96. The number of benzene rings is 1. The van der Waals surface area contributed by atoms with Crippen LogP contribution in [0.3, 0.4) is 0 Å². The Hall–Kier alpha value is -3.89. The first-order valence-corrected chi connectivity index (χ1v) is 11.8. The van der Waals surface area contributed by atoms with E-state index in [0.717, 1.165) is 27.6 Å². The van der Waals surface area contributed by atoms with Crippen molar-refractivity contribution in [1.82, 2.24) is 19.4 Å². The number of carbonyl (C=O) groups excluding carboxylic acids is 2. The molecule has 0 saturated carbocycles. The highest BCUT2D eigenvalue weighted by Gasteiger charge is 2.12. The van der Waals surface area contributed by atoms with E-state index in [0.29, 0.717) is 22.1 Å². The SMILES string of the molecule is NC(=O)c1cc(-c2csc(NC(=O)c3ccc(SCc4cn5ccccc5n4)cc3)n2)c[nH]1. The molecule has 0 aliphatic rings. The summed E-state index contributed by atoms with van der Waals surface area (Å²) < 4.78 is 2.00. The summed E-state index contributed by atoms with van der Waals surface area (Å²) in [5, 5.41) is 5.10. The number of pyridine rings is 1. The van der Waals surface area contributed by atoms with E-state index in [1.807, 2.05) is 52.5 Å². The summed E-state index contributed by atoms with van der Waals surface area (Å²) in [5.74, 6) is -0.0317. The van der Waals surface area contributed by atoms with Crippen molar-refractivity contribution in [2.45, 2.75) is 10.6 Å². The summed E-state index contributed by atoms with van der Waals surface area (Å²) in [4.78, 5) is 36.7. The Balaban J connectivity index is 1.20. The molecule has 5 rings (SSSR count). The first kappa shape index (κ1) is 21.0. The van der Waals surface area contributed by atoms with Gasteiger partial charge in [0.2, 0.25) is 0 Å². The molecular weight excluding hydrogens is 456 g/mol. The minimum absolute atomic E-state index is 0.236. The Morgan fingerprint density at radius 3 is 2.76 bits per heavy atom. The van der Waals surface area contributed by atoms with E-state index in [4.69, 9.17) is 5.73 Å². The molecule has 0 fully saturated rings. The van der Waals surface area contributed by atoms with Crippen molar-refractivity contribution in [2.24, 2.45) is 5.73 Å². The van der Waals surface area contributed by atoms with E-state index in [1.54, 1.807) is 36.2 Å². The van der Waals surface area contributed by atoms with Crippen molar-refractivity contribution in [2.75, 3.05) is 5.32 Å². The van der Waals surface area contributed by atoms with Gasteiger partial charge in [-0.15, -0.1) is 23.1 Å². The highest BCUT2D eigenvalue weighted by molar-refractivity contribution is 7.98. The van der Waals surface area contributed by atoms with Crippen molar-refractivity contribution in [3.63, 3.8) is 0 Å². The number of thiazole rings is 1. The molecule has 0 spiro atoms. The van der Waals surface area contributed by atoms with Gasteiger partial charge in [0.25, 0.3) is 11.8 Å². The highest BCUT2D eigenvalue weighted by atomic mass is 32.2. The molecule has 0 bridgehead atoms. The predicted octanol–water partition coefficient (Wildman–Crippen LogP) is 4.43. The molecule has 2 amide bonds. The number of anilines is 1. The predicted molar refractivity (Wildman–Crippen MR) is 130 cm³/mol. The van der Waals surface area contributed by atoms with Gasteiger partial charge in [0.15, 0.2) is 5.13 Å². The van der Waals surface area contributed by atoms with Gasteiger partial charge < -0.3 is 15.1 Å². The third-order valence-corrected chi connectivity index (χ3v) is 6.69. The molecule has 0 saturated heterocycles. The molecule has 10 heteroatoms. The van der Waals surface area contributed by atoms with Gasteiger partial charge in [0.05, 0.1) is 11.4 Å². The number of rotatable bonds is 7. The Labute approximate surface area is 196 Å². The number of nitrogens with one attached hydrogen (secondary N) is 2. The van der Waals surface area contributed by atoms with Gasteiger partial charge in [-0.2, -0.15) is 0 Å². The summed E-state index contributed by atoms with van der Waals surface area (Å²) >= 11 is 2.97. The molecule has 33 heavy (non-hydrogen) atoms. The van der Waals surface area contributed by atoms with Crippen LogP contribution < -0.4 is 11.1 Å². The van der Waals surface area contributed by atoms with Crippen molar-refractivity contribution < 1.29 is 9.59 Å². The average molecular weight is 475 g/mol. The molecule has 4 heterocycles. The standard InChI is InChI=1S/C23H18N6O2S2/c24-21(30)18-9-15(10-25-18)19-13-33-23(27-19)28-22(31)14-4-6-17(7-5-14)32-12-16-11-29-8-2-1-3-20(29)26-16/h1-11,13,25H,12H2,(H2,24,30)(H,27,28,31). The summed E-state index contributed by atoms with van der Waals surface area (Å²) in [6.07, 6.45) is 5.66. The van der Waals surface area contributed by atoms with Crippen molar-refractivity contribution in [1.29, 1.82) is 0 Å². The summed E-state index contributed by atoms with van der Waals surface area (Å²) in [6.45, 7) is 0. The normalized spacial score (nSPS) is 11.0. The fraction of sp³-hybridized carbons (Fsp3) is 0.0435. The lowest BCUT2D eigenvalue weighted by Gasteiger charge is -2.04. The van der Waals surface area contributed by atoms with Crippen molar-refractivity contribution >= 4 is 45.7 Å². The summed E-state index contributed by atoms with van der Waals surface area (Å²) in [5.41, 5.74) is 9.42. The molecule has 0 unspecified atom stereocenters. The Kier molecular flexibility index (Phi) is 5.68. The third-order valence-electron chi connectivity index (χ3n) is 4.89. The molecule has 0 aliphatic heterocycles. The number of aromatic amines is 1. The molecule has 0 atom stereocenters. The Bertz CT molecular complexity index is 1420. The molecular formula is C23H18N6O2S2. The third kappa shape index (κ3) is 4.66. The number of primary amides is 1. The second-order valence-corrected chi connectivity index (χ2v) is 9.08. The van der Waals surface area contributed by atoms with E-state index in [9.17, 15) is 9.59 Å². The zero-order chi connectivity index (χ0) is 22.8. The lowest BCUT2D eigenvalue weighted by molar-refractivity contribution is 0.0994. The van der Waals surface area contributed by atoms with Crippen LogP contribution >= 0.6 is 23.1 Å². The Morgan fingerprint density at radius 1 is 1.15 bits per heavy atom. The van der Waals surface area contributed by atoms with Gasteiger partial charge in [-0.1, -0.05) is 6.07 Å². The van der Waals surface area contributed by atoms with E-state index < -0.39 is 5.91 Å². The number of nitrogens with zero attached hydrogens (tertiary/aromatic N) is 3. The number of nitrogens with two attached hydrogens (primary N) is 1. The maximum absolute atomic E-state index is 12.6. The molecule has 4 aromatic heterocycles. The number of hydrogen-bond donors (Lipinski definition) is 3. The number of hydrogen-bond acceptors (Lipinski definition) is 6. The van der Waals surface area contributed by atoms with Gasteiger partial charge >= 0.3 is 0 Å². The van der Waals surface area contributed by atoms with Crippen LogP contribution in [0.5, 0.6) is 0 Å². The fourth-order valence-corrected chi connectivity index (χ4v) is 4.73.